The molecule has 0 amide bonds. The summed E-state index contributed by atoms with van der Waals surface area (Å²) in [4.78, 5) is 0. The summed E-state index contributed by atoms with van der Waals surface area (Å²) < 4.78 is 12.4. The third kappa shape index (κ3) is 0.617. The molecule has 0 bridgehead atoms. The molecule has 0 aliphatic rings. The maximum atomic E-state index is 7.35. The zero-order valence-corrected chi connectivity index (χ0v) is 4.79. The summed E-state index contributed by atoms with van der Waals surface area (Å²) in [6, 6.07) is 7.98. The van der Waals surface area contributed by atoms with E-state index in [0.29, 0.717) is 6.04 Å². The molecule has 2 aromatic rings. The predicted molar refractivity (Wildman–Crippen MR) is 36.2 cm³/mol. The molecule has 9 heavy (non-hydrogen) atoms. The highest BCUT2D eigenvalue weighted by atomic mass is 16.3. The number of para-hydroxylation sites is 1. The molecule has 0 unspecified atom stereocenters. The van der Waals surface area contributed by atoms with E-state index in [1.807, 2.05) is 24.3 Å². The van der Waals surface area contributed by atoms with Crippen molar-refractivity contribution in [2.45, 2.75) is 0 Å². The Hall–Kier alpha value is -1.24. The molecule has 0 radical (unpaired) electrons. The number of hydrogen-bond donors (Lipinski definition) is 0. The lowest BCUT2D eigenvalue weighted by molar-refractivity contribution is 0.616. The molecule has 0 fully saturated rings. The van der Waals surface area contributed by atoms with Crippen molar-refractivity contribution in [1.29, 1.82) is 0 Å². The fourth-order valence-corrected chi connectivity index (χ4v) is 0.845. The standard InChI is InChI=1S/C8H6O/c1-2-4-8-7(3-1)5-6-9-8/h1-6H/i5T. The van der Waals surface area contributed by atoms with Crippen LogP contribution < -0.4 is 0 Å². The molecular formula is C8H6O. The van der Waals surface area contributed by atoms with Crippen LogP contribution in [0.25, 0.3) is 11.0 Å². The van der Waals surface area contributed by atoms with E-state index in [1.54, 1.807) is 0 Å². The zero-order valence-electron chi connectivity index (χ0n) is 5.79. The Morgan fingerprint density at radius 3 is 3.11 bits per heavy atom. The number of benzene rings is 1. The lowest BCUT2D eigenvalue weighted by atomic mass is 10.3. The van der Waals surface area contributed by atoms with Gasteiger partial charge in [-0.05, 0) is 12.1 Å². The van der Waals surface area contributed by atoms with Gasteiger partial charge in [-0.15, -0.1) is 0 Å². The van der Waals surface area contributed by atoms with Gasteiger partial charge in [0, 0.05) is 5.39 Å². The largest absolute Gasteiger partial charge is 0.464 e. The second-order valence-electron chi connectivity index (χ2n) is 1.88. The van der Waals surface area contributed by atoms with Gasteiger partial charge in [-0.2, -0.15) is 0 Å². The fraction of sp³-hybridized carbons (Fsp3) is 0. The Kier molecular flexibility index (Phi) is 0.671. The van der Waals surface area contributed by atoms with Crippen LogP contribution in [0.5, 0.6) is 0 Å². The smallest absolute Gasteiger partial charge is 0.133 e. The lowest BCUT2D eigenvalue weighted by Gasteiger charge is -1.81. The quantitative estimate of drug-likeness (QED) is 0.520. The molecule has 1 heteroatoms. The Labute approximate surface area is 54.3 Å². The molecule has 0 N–H and O–H groups in total. The van der Waals surface area contributed by atoms with Crippen LogP contribution in [0.2, 0.25) is 0 Å². The first-order valence-corrected chi connectivity index (χ1v) is 2.81. The SMILES string of the molecule is [3H]c1coc2ccccc12. The number of furan rings is 1. The average molecular weight is 120 g/mol. The molecule has 0 aliphatic heterocycles. The Bertz CT molecular complexity index is 351. The summed E-state index contributed by atoms with van der Waals surface area (Å²) >= 11 is 0. The van der Waals surface area contributed by atoms with Crippen molar-refractivity contribution in [2.75, 3.05) is 0 Å². The molecule has 0 atom stereocenters. The minimum Gasteiger partial charge on any atom is -0.464 e. The normalized spacial score (nSPS) is 11.8. The molecule has 0 saturated carbocycles. The van der Waals surface area contributed by atoms with Crippen LogP contribution in [0.3, 0.4) is 0 Å². The van der Waals surface area contributed by atoms with Gasteiger partial charge in [0.15, 0.2) is 0 Å². The van der Waals surface area contributed by atoms with E-state index in [4.69, 9.17) is 5.79 Å². The zero-order chi connectivity index (χ0) is 6.97. The van der Waals surface area contributed by atoms with Gasteiger partial charge in [0.05, 0.1) is 7.63 Å². The van der Waals surface area contributed by atoms with E-state index < -0.39 is 0 Å². The lowest BCUT2D eigenvalue weighted by Crippen LogP contribution is -1.57. The van der Waals surface area contributed by atoms with Gasteiger partial charge in [-0.1, -0.05) is 18.2 Å². The molecule has 2 rings (SSSR count). The highest BCUT2D eigenvalue weighted by molar-refractivity contribution is 5.76. The van der Waals surface area contributed by atoms with Crippen molar-refractivity contribution in [3.05, 3.63) is 36.6 Å². The highest BCUT2D eigenvalue weighted by Crippen LogP contribution is 2.12. The first-order valence-electron chi connectivity index (χ1n) is 3.31. The van der Waals surface area contributed by atoms with Gasteiger partial charge < -0.3 is 4.42 Å². The van der Waals surface area contributed by atoms with Crippen LogP contribution in [0.4, 0.5) is 0 Å². The molecule has 1 aromatic heterocycles. The van der Waals surface area contributed by atoms with E-state index in [-0.39, 0.29) is 0 Å². The van der Waals surface area contributed by atoms with Gasteiger partial charge >= 0.3 is 0 Å². The van der Waals surface area contributed by atoms with Crippen molar-refractivity contribution < 1.29 is 5.79 Å². The minimum absolute atomic E-state index is 0.454. The molecule has 1 heterocycles. The van der Waals surface area contributed by atoms with Gasteiger partial charge in [0.2, 0.25) is 0 Å². The molecule has 0 aliphatic carbocycles. The Morgan fingerprint density at radius 1 is 1.33 bits per heavy atom. The second kappa shape index (κ2) is 1.62. The predicted octanol–water partition coefficient (Wildman–Crippen LogP) is 2.43. The summed E-state index contributed by atoms with van der Waals surface area (Å²) in [5.41, 5.74) is 0.785. The monoisotopic (exact) mass is 120 g/mol. The summed E-state index contributed by atoms with van der Waals surface area (Å²) in [5.74, 6) is 0. The molecule has 0 spiro atoms. The van der Waals surface area contributed by atoms with Gasteiger partial charge in [0.1, 0.15) is 5.58 Å². The van der Waals surface area contributed by atoms with Gasteiger partial charge in [0.25, 0.3) is 0 Å². The van der Waals surface area contributed by atoms with Crippen molar-refractivity contribution >= 4 is 11.0 Å². The van der Waals surface area contributed by atoms with Crippen molar-refractivity contribution in [2.24, 2.45) is 0 Å². The average Bonchev–Trinajstić information content (AvgIpc) is 2.34. The molecule has 1 nitrogen and oxygen atoms in total. The Morgan fingerprint density at radius 2 is 2.22 bits per heavy atom. The summed E-state index contributed by atoms with van der Waals surface area (Å²) in [6.07, 6.45) is 1.45. The van der Waals surface area contributed by atoms with Crippen molar-refractivity contribution in [3.63, 3.8) is 0 Å². The van der Waals surface area contributed by atoms with Crippen LogP contribution in [-0.2, 0) is 0 Å². The minimum atomic E-state index is 0.454. The summed E-state index contributed by atoms with van der Waals surface area (Å²) in [5, 5.41) is 0.877. The van der Waals surface area contributed by atoms with Crippen LogP contribution in [-0.4, -0.2) is 0 Å². The van der Waals surface area contributed by atoms with Crippen LogP contribution >= 0.6 is 0 Å². The van der Waals surface area contributed by atoms with Crippen LogP contribution in [0.15, 0.2) is 41.0 Å². The summed E-state index contributed by atoms with van der Waals surface area (Å²) in [6.45, 7) is 0. The fourth-order valence-electron chi connectivity index (χ4n) is 0.845. The van der Waals surface area contributed by atoms with Crippen LogP contribution in [0, 0.1) is 0 Å². The number of rotatable bonds is 0. The highest BCUT2D eigenvalue weighted by Gasteiger charge is 1.89. The topological polar surface area (TPSA) is 13.1 Å². The van der Waals surface area contributed by atoms with Crippen molar-refractivity contribution in [1.82, 2.24) is 0 Å². The van der Waals surface area contributed by atoms with E-state index in [1.165, 1.54) is 6.26 Å². The first-order chi connectivity index (χ1) is 4.88. The number of fused-ring (bicyclic) bond motifs is 1. The second-order valence-corrected chi connectivity index (χ2v) is 1.88. The third-order valence-corrected chi connectivity index (χ3v) is 1.29. The number of hydrogen-bond acceptors (Lipinski definition) is 1. The van der Waals surface area contributed by atoms with E-state index in [2.05, 4.69) is 0 Å². The van der Waals surface area contributed by atoms with E-state index in [0.717, 1.165) is 11.0 Å². The van der Waals surface area contributed by atoms with Crippen molar-refractivity contribution in [3.8, 4) is 0 Å². The van der Waals surface area contributed by atoms with Crippen LogP contribution in [0.1, 0.15) is 1.37 Å². The maximum Gasteiger partial charge on any atom is 0.133 e. The van der Waals surface area contributed by atoms with E-state index >= 15 is 0 Å². The molecule has 44 valence electrons. The maximum absolute atomic E-state index is 7.35. The molecular weight excluding hydrogens is 112 g/mol. The van der Waals surface area contributed by atoms with Gasteiger partial charge in [-0.25, -0.2) is 0 Å². The van der Waals surface area contributed by atoms with Gasteiger partial charge in [-0.3, -0.25) is 0 Å². The Balaban J connectivity index is 2.93. The van der Waals surface area contributed by atoms with E-state index in [9.17, 15) is 0 Å². The molecule has 1 aromatic carbocycles. The third-order valence-electron chi connectivity index (χ3n) is 1.29. The molecule has 0 saturated heterocycles. The summed E-state index contributed by atoms with van der Waals surface area (Å²) in [7, 11) is 0. The first kappa shape index (κ1) is 3.72.